The molecular formula is C11H17N3O4S2. The molecule has 0 atom stereocenters. The third-order valence-electron chi connectivity index (χ3n) is 3.98. The molecule has 1 aromatic rings. The van der Waals surface area contributed by atoms with Crippen molar-refractivity contribution >= 4 is 32.0 Å². The van der Waals surface area contributed by atoms with Gasteiger partial charge < -0.3 is 5.73 Å². The minimum Gasteiger partial charge on any atom is -0.385 e. The summed E-state index contributed by atoms with van der Waals surface area (Å²) in [6.07, 6.45) is 4.06. The smallest absolute Gasteiger partial charge is 0.304 e. The Morgan fingerprint density at radius 1 is 1.55 bits per heavy atom. The average molecular weight is 319 g/mol. The maximum absolute atomic E-state index is 12.1. The molecule has 7 nitrogen and oxygen atoms in total. The Morgan fingerprint density at radius 3 is 2.60 bits per heavy atom. The summed E-state index contributed by atoms with van der Waals surface area (Å²) < 4.78 is 26.7. The van der Waals surface area contributed by atoms with E-state index in [0.29, 0.717) is 6.54 Å². The minimum absolute atomic E-state index is 0.0435. The van der Waals surface area contributed by atoms with Gasteiger partial charge >= 0.3 is 5.69 Å². The van der Waals surface area contributed by atoms with Crippen LogP contribution in [0.25, 0.3) is 0 Å². The lowest BCUT2D eigenvalue weighted by Crippen LogP contribution is -2.41. The zero-order valence-corrected chi connectivity index (χ0v) is 12.7. The van der Waals surface area contributed by atoms with Gasteiger partial charge in [0.1, 0.15) is 4.21 Å². The Morgan fingerprint density at radius 2 is 2.20 bits per heavy atom. The number of thiophene rings is 1. The lowest BCUT2D eigenvalue weighted by molar-refractivity contribution is -0.383. The highest BCUT2D eigenvalue weighted by molar-refractivity contribution is 7.91. The van der Waals surface area contributed by atoms with Gasteiger partial charge in [-0.25, -0.2) is 13.1 Å². The van der Waals surface area contributed by atoms with E-state index in [9.17, 15) is 18.5 Å². The summed E-state index contributed by atoms with van der Waals surface area (Å²) in [6.45, 7) is 2.42. The van der Waals surface area contributed by atoms with Gasteiger partial charge in [-0.05, 0) is 24.7 Å². The van der Waals surface area contributed by atoms with Crippen LogP contribution in [0.5, 0.6) is 0 Å². The number of anilines is 1. The van der Waals surface area contributed by atoms with Crippen molar-refractivity contribution in [2.75, 3.05) is 12.3 Å². The molecule has 1 saturated carbocycles. The van der Waals surface area contributed by atoms with Crippen molar-refractivity contribution in [2.45, 2.75) is 36.8 Å². The number of nitro groups is 1. The molecule has 1 aromatic heterocycles. The second-order valence-electron chi connectivity index (χ2n) is 5.10. The maximum Gasteiger partial charge on any atom is 0.304 e. The summed E-state index contributed by atoms with van der Waals surface area (Å²) in [6, 6.07) is 1.02. The standard InChI is InChI=1S/C11H17N3O4S2/c1-2-11(4-3-5-11)7-13-20(17,18)9-6-8(14(15)16)10(12)19-9/h6,13H,2-5,7,12H2,1H3. The van der Waals surface area contributed by atoms with Gasteiger partial charge in [0.05, 0.1) is 4.92 Å². The first-order valence-electron chi connectivity index (χ1n) is 6.33. The van der Waals surface area contributed by atoms with Crippen LogP contribution in [0.3, 0.4) is 0 Å². The normalized spacial score (nSPS) is 17.6. The minimum atomic E-state index is -3.73. The van der Waals surface area contributed by atoms with Gasteiger partial charge in [0.25, 0.3) is 0 Å². The van der Waals surface area contributed by atoms with E-state index in [-0.39, 0.29) is 20.3 Å². The van der Waals surface area contributed by atoms with Crippen molar-refractivity contribution in [2.24, 2.45) is 5.41 Å². The number of nitrogen functional groups attached to an aromatic ring is 1. The number of hydrogen-bond acceptors (Lipinski definition) is 6. The lowest BCUT2D eigenvalue weighted by atomic mass is 9.67. The Kier molecular flexibility index (Phi) is 4.03. The second kappa shape index (κ2) is 5.30. The van der Waals surface area contributed by atoms with E-state index in [1.807, 2.05) is 6.92 Å². The number of nitrogens with two attached hydrogens (primary N) is 1. The first-order valence-corrected chi connectivity index (χ1v) is 8.63. The summed E-state index contributed by atoms with van der Waals surface area (Å²) in [5, 5.41) is 10.6. The van der Waals surface area contributed by atoms with Gasteiger partial charge in [-0.3, -0.25) is 10.1 Å². The van der Waals surface area contributed by atoms with E-state index in [2.05, 4.69) is 4.72 Å². The van der Waals surface area contributed by atoms with E-state index in [1.54, 1.807) is 0 Å². The van der Waals surface area contributed by atoms with Gasteiger partial charge in [0.2, 0.25) is 10.0 Å². The molecule has 0 saturated heterocycles. The fourth-order valence-corrected chi connectivity index (χ4v) is 4.71. The molecule has 0 bridgehead atoms. The molecule has 1 aliphatic rings. The first kappa shape index (κ1) is 15.2. The van der Waals surface area contributed by atoms with Crippen LogP contribution in [0.1, 0.15) is 32.6 Å². The van der Waals surface area contributed by atoms with Crippen LogP contribution in [0.2, 0.25) is 0 Å². The summed E-state index contributed by atoms with van der Waals surface area (Å²) in [7, 11) is -3.73. The van der Waals surface area contributed by atoms with Crippen molar-refractivity contribution in [3.8, 4) is 0 Å². The maximum atomic E-state index is 12.1. The van der Waals surface area contributed by atoms with E-state index in [4.69, 9.17) is 5.73 Å². The quantitative estimate of drug-likeness (QED) is 0.615. The third kappa shape index (κ3) is 2.79. The number of sulfonamides is 1. The van der Waals surface area contributed by atoms with Crippen LogP contribution in [0.15, 0.2) is 10.3 Å². The monoisotopic (exact) mass is 319 g/mol. The van der Waals surface area contributed by atoms with Crippen molar-refractivity contribution < 1.29 is 13.3 Å². The van der Waals surface area contributed by atoms with Crippen LogP contribution >= 0.6 is 11.3 Å². The van der Waals surface area contributed by atoms with Crippen LogP contribution in [0.4, 0.5) is 10.7 Å². The van der Waals surface area contributed by atoms with Crippen molar-refractivity contribution in [3.63, 3.8) is 0 Å². The van der Waals surface area contributed by atoms with Crippen LogP contribution in [-0.2, 0) is 10.0 Å². The molecular weight excluding hydrogens is 302 g/mol. The largest absolute Gasteiger partial charge is 0.385 e. The second-order valence-corrected chi connectivity index (χ2v) is 8.18. The fourth-order valence-electron chi connectivity index (χ4n) is 2.30. The van der Waals surface area contributed by atoms with Gasteiger partial charge in [0, 0.05) is 12.6 Å². The zero-order chi connectivity index (χ0) is 15.0. The molecule has 0 spiro atoms. The molecule has 9 heteroatoms. The highest BCUT2D eigenvalue weighted by Crippen LogP contribution is 2.43. The Labute approximate surface area is 121 Å². The lowest BCUT2D eigenvalue weighted by Gasteiger charge is -2.41. The van der Waals surface area contributed by atoms with E-state index >= 15 is 0 Å². The zero-order valence-electron chi connectivity index (χ0n) is 11.1. The Hall–Kier alpha value is -1.19. The van der Waals surface area contributed by atoms with Gasteiger partial charge in [0.15, 0.2) is 5.00 Å². The van der Waals surface area contributed by atoms with Crippen molar-refractivity contribution in [1.29, 1.82) is 0 Å². The molecule has 1 aliphatic carbocycles. The molecule has 0 amide bonds. The van der Waals surface area contributed by atoms with Gasteiger partial charge in [-0.15, -0.1) is 0 Å². The van der Waals surface area contributed by atoms with Crippen LogP contribution in [0, 0.1) is 15.5 Å². The molecule has 1 heterocycles. The average Bonchev–Trinajstić information content (AvgIpc) is 2.71. The van der Waals surface area contributed by atoms with Crippen molar-refractivity contribution in [3.05, 3.63) is 16.2 Å². The van der Waals surface area contributed by atoms with Crippen molar-refractivity contribution in [1.82, 2.24) is 4.72 Å². The molecule has 1 fully saturated rings. The summed E-state index contributed by atoms with van der Waals surface area (Å²) in [5.41, 5.74) is 5.16. The number of hydrogen-bond donors (Lipinski definition) is 2. The summed E-state index contributed by atoms with van der Waals surface area (Å²) >= 11 is 0.719. The number of nitrogens with one attached hydrogen (secondary N) is 1. The number of nitrogens with zero attached hydrogens (tertiary/aromatic N) is 1. The third-order valence-corrected chi connectivity index (χ3v) is 6.81. The predicted molar refractivity (Wildman–Crippen MR) is 77.1 cm³/mol. The van der Waals surface area contributed by atoms with Crippen LogP contribution in [-0.4, -0.2) is 19.9 Å². The summed E-state index contributed by atoms with van der Waals surface area (Å²) in [4.78, 5) is 10.0. The Balaban J connectivity index is 2.14. The molecule has 2 rings (SSSR count). The van der Waals surface area contributed by atoms with E-state index in [1.165, 1.54) is 0 Å². The Bertz CT molecular complexity index is 614. The van der Waals surface area contributed by atoms with Crippen LogP contribution < -0.4 is 10.5 Å². The first-order chi connectivity index (χ1) is 9.30. The van der Waals surface area contributed by atoms with E-state index in [0.717, 1.165) is 43.1 Å². The highest BCUT2D eigenvalue weighted by atomic mass is 32.2. The SMILES string of the molecule is CCC1(CNS(=O)(=O)c2cc([N+](=O)[O-])c(N)s2)CCC1. The fraction of sp³-hybridized carbons (Fsp3) is 0.636. The molecule has 0 unspecified atom stereocenters. The molecule has 0 aliphatic heterocycles. The summed E-state index contributed by atoms with van der Waals surface area (Å²) in [5.74, 6) is 0. The molecule has 20 heavy (non-hydrogen) atoms. The number of rotatable bonds is 6. The van der Waals surface area contributed by atoms with Gasteiger partial charge in [-0.1, -0.05) is 24.7 Å². The molecule has 3 N–H and O–H groups in total. The highest BCUT2D eigenvalue weighted by Gasteiger charge is 2.36. The van der Waals surface area contributed by atoms with Gasteiger partial charge in [-0.2, -0.15) is 0 Å². The topological polar surface area (TPSA) is 115 Å². The van der Waals surface area contributed by atoms with E-state index < -0.39 is 14.9 Å². The molecule has 0 radical (unpaired) electrons. The molecule has 112 valence electrons. The molecule has 0 aromatic carbocycles. The predicted octanol–water partition coefficient (Wildman–Crippen LogP) is 2.10.